The average molecular weight is 259 g/mol. The Morgan fingerprint density at radius 1 is 1.32 bits per heavy atom. The summed E-state index contributed by atoms with van der Waals surface area (Å²) in [5.74, 6) is 1.91. The van der Waals surface area contributed by atoms with Crippen LogP contribution in [0.4, 0.5) is 0 Å². The van der Waals surface area contributed by atoms with Gasteiger partial charge in [0.2, 0.25) is 0 Å². The van der Waals surface area contributed by atoms with Crippen LogP contribution >= 0.6 is 0 Å². The molecule has 102 valence electrons. The van der Waals surface area contributed by atoms with E-state index in [4.69, 9.17) is 10.5 Å². The molecule has 0 saturated carbocycles. The molecule has 1 aromatic carbocycles. The summed E-state index contributed by atoms with van der Waals surface area (Å²) in [5.41, 5.74) is 9.87. The molecule has 2 rings (SSSR count). The number of aromatic amines is 1. The lowest BCUT2D eigenvalue weighted by atomic mass is 10.1. The van der Waals surface area contributed by atoms with Crippen LogP contribution in [0, 0.1) is 13.8 Å². The maximum Gasteiger partial charge on any atom is 0.121 e. The first-order valence-corrected chi connectivity index (χ1v) is 6.56. The van der Waals surface area contributed by atoms with Gasteiger partial charge in [-0.05, 0) is 50.6 Å². The molecule has 4 nitrogen and oxygen atoms in total. The summed E-state index contributed by atoms with van der Waals surface area (Å²) in [6, 6.07) is 6.13. The van der Waals surface area contributed by atoms with E-state index in [1.165, 1.54) is 0 Å². The van der Waals surface area contributed by atoms with Gasteiger partial charge in [-0.15, -0.1) is 0 Å². The molecule has 0 unspecified atom stereocenters. The van der Waals surface area contributed by atoms with Gasteiger partial charge in [0.15, 0.2) is 0 Å². The molecule has 19 heavy (non-hydrogen) atoms. The fourth-order valence-electron chi connectivity index (χ4n) is 2.22. The van der Waals surface area contributed by atoms with Gasteiger partial charge in [-0.1, -0.05) is 0 Å². The quantitative estimate of drug-likeness (QED) is 0.867. The number of imidazole rings is 1. The molecule has 0 saturated heterocycles. The highest BCUT2D eigenvalue weighted by molar-refractivity contribution is 5.64. The number of rotatable bonds is 5. The van der Waals surface area contributed by atoms with Crippen molar-refractivity contribution in [2.24, 2.45) is 5.73 Å². The van der Waals surface area contributed by atoms with Crippen LogP contribution in [0.2, 0.25) is 0 Å². The van der Waals surface area contributed by atoms with E-state index in [2.05, 4.69) is 16.0 Å². The van der Waals surface area contributed by atoms with Gasteiger partial charge in [0, 0.05) is 17.7 Å². The Labute approximate surface area is 114 Å². The number of methoxy groups -OCH3 is 1. The van der Waals surface area contributed by atoms with Gasteiger partial charge in [0.25, 0.3) is 0 Å². The van der Waals surface area contributed by atoms with Gasteiger partial charge in [0.05, 0.1) is 12.8 Å². The minimum Gasteiger partial charge on any atom is -0.496 e. The van der Waals surface area contributed by atoms with Crippen molar-refractivity contribution in [1.29, 1.82) is 0 Å². The van der Waals surface area contributed by atoms with Crippen LogP contribution in [0.5, 0.6) is 5.75 Å². The SMILES string of the molecule is COc1ccc(-c2nc(CCCN)[nH]c2C)cc1C. The van der Waals surface area contributed by atoms with Crippen molar-refractivity contribution in [3.05, 3.63) is 35.3 Å². The lowest BCUT2D eigenvalue weighted by Gasteiger charge is -2.06. The van der Waals surface area contributed by atoms with Crippen LogP contribution in [0.25, 0.3) is 11.3 Å². The molecule has 0 spiro atoms. The van der Waals surface area contributed by atoms with Gasteiger partial charge < -0.3 is 15.5 Å². The van der Waals surface area contributed by atoms with E-state index < -0.39 is 0 Å². The lowest BCUT2D eigenvalue weighted by molar-refractivity contribution is 0.412. The summed E-state index contributed by atoms with van der Waals surface area (Å²) in [7, 11) is 1.69. The molecule has 1 aromatic heterocycles. The van der Waals surface area contributed by atoms with Crippen LogP contribution in [0.3, 0.4) is 0 Å². The van der Waals surface area contributed by atoms with Crippen molar-refractivity contribution in [3.63, 3.8) is 0 Å². The summed E-state index contributed by atoms with van der Waals surface area (Å²) >= 11 is 0. The molecule has 0 bridgehead atoms. The third kappa shape index (κ3) is 2.96. The number of nitrogens with two attached hydrogens (primary N) is 1. The smallest absolute Gasteiger partial charge is 0.121 e. The zero-order valence-corrected chi connectivity index (χ0v) is 11.8. The highest BCUT2D eigenvalue weighted by atomic mass is 16.5. The standard InChI is InChI=1S/C15H21N3O/c1-10-9-12(6-7-13(10)19-3)15-11(2)17-14(18-15)5-4-8-16/h6-7,9H,4-5,8,16H2,1-3H3,(H,17,18). The normalized spacial score (nSPS) is 10.7. The first kappa shape index (κ1) is 13.6. The van der Waals surface area contributed by atoms with Crippen molar-refractivity contribution in [3.8, 4) is 17.0 Å². The van der Waals surface area contributed by atoms with E-state index in [-0.39, 0.29) is 0 Å². The van der Waals surface area contributed by atoms with E-state index in [1.807, 2.05) is 26.0 Å². The number of H-pyrrole nitrogens is 1. The Morgan fingerprint density at radius 3 is 2.74 bits per heavy atom. The highest BCUT2D eigenvalue weighted by Crippen LogP contribution is 2.27. The number of hydrogen-bond acceptors (Lipinski definition) is 3. The maximum absolute atomic E-state index is 5.53. The van der Waals surface area contributed by atoms with Crippen LogP contribution in [0.1, 0.15) is 23.5 Å². The Bertz CT molecular complexity index is 561. The Morgan fingerprint density at radius 2 is 2.11 bits per heavy atom. The van der Waals surface area contributed by atoms with Gasteiger partial charge >= 0.3 is 0 Å². The third-order valence-corrected chi connectivity index (χ3v) is 3.22. The molecule has 4 heteroatoms. The minimum atomic E-state index is 0.691. The average Bonchev–Trinajstić information content (AvgIpc) is 2.77. The number of hydrogen-bond donors (Lipinski definition) is 2. The monoisotopic (exact) mass is 259 g/mol. The van der Waals surface area contributed by atoms with Gasteiger partial charge in [-0.3, -0.25) is 0 Å². The number of nitrogens with one attached hydrogen (secondary N) is 1. The van der Waals surface area contributed by atoms with Crippen LogP contribution in [0.15, 0.2) is 18.2 Å². The van der Waals surface area contributed by atoms with Crippen molar-refractivity contribution in [2.45, 2.75) is 26.7 Å². The highest BCUT2D eigenvalue weighted by Gasteiger charge is 2.10. The number of aromatic nitrogens is 2. The molecular weight excluding hydrogens is 238 g/mol. The van der Waals surface area contributed by atoms with Gasteiger partial charge in [-0.25, -0.2) is 4.98 Å². The first-order chi connectivity index (χ1) is 9.15. The summed E-state index contributed by atoms with van der Waals surface area (Å²) in [4.78, 5) is 7.99. The van der Waals surface area contributed by atoms with Crippen molar-refractivity contribution < 1.29 is 4.74 Å². The molecule has 0 amide bonds. The molecule has 0 aliphatic rings. The molecule has 0 aliphatic carbocycles. The topological polar surface area (TPSA) is 63.9 Å². The zero-order chi connectivity index (χ0) is 13.8. The number of nitrogens with zero attached hydrogens (tertiary/aromatic N) is 1. The summed E-state index contributed by atoms with van der Waals surface area (Å²) in [6.07, 6.45) is 1.85. The second kappa shape index (κ2) is 5.89. The second-order valence-corrected chi connectivity index (χ2v) is 4.73. The van der Waals surface area contributed by atoms with Gasteiger partial charge in [0.1, 0.15) is 11.6 Å². The fraction of sp³-hybridized carbons (Fsp3) is 0.400. The first-order valence-electron chi connectivity index (χ1n) is 6.56. The Kier molecular flexibility index (Phi) is 4.22. The number of benzene rings is 1. The summed E-state index contributed by atoms with van der Waals surface area (Å²) < 4.78 is 5.28. The van der Waals surface area contributed by atoms with Crippen LogP contribution in [-0.4, -0.2) is 23.6 Å². The predicted molar refractivity (Wildman–Crippen MR) is 77.4 cm³/mol. The van der Waals surface area contributed by atoms with E-state index >= 15 is 0 Å². The van der Waals surface area contributed by atoms with E-state index in [0.29, 0.717) is 6.54 Å². The maximum atomic E-state index is 5.53. The number of ether oxygens (including phenoxy) is 1. The second-order valence-electron chi connectivity index (χ2n) is 4.73. The third-order valence-electron chi connectivity index (χ3n) is 3.22. The fourth-order valence-corrected chi connectivity index (χ4v) is 2.22. The lowest BCUT2D eigenvalue weighted by Crippen LogP contribution is -2.01. The van der Waals surface area contributed by atoms with Crippen LogP contribution in [-0.2, 0) is 6.42 Å². The van der Waals surface area contributed by atoms with Crippen LogP contribution < -0.4 is 10.5 Å². The summed E-state index contributed by atoms with van der Waals surface area (Å²) in [5, 5.41) is 0. The molecule has 0 fully saturated rings. The van der Waals surface area contributed by atoms with Crippen molar-refractivity contribution in [1.82, 2.24) is 9.97 Å². The largest absolute Gasteiger partial charge is 0.496 e. The van der Waals surface area contributed by atoms with E-state index in [9.17, 15) is 0 Å². The van der Waals surface area contributed by atoms with E-state index in [0.717, 1.165) is 46.9 Å². The van der Waals surface area contributed by atoms with Gasteiger partial charge in [-0.2, -0.15) is 0 Å². The Hall–Kier alpha value is -1.81. The predicted octanol–water partition coefficient (Wildman–Crippen LogP) is 2.59. The molecule has 0 aliphatic heterocycles. The van der Waals surface area contributed by atoms with Crippen molar-refractivity contribution >= 4 is 0 Å². The molecule has 0 atom stereocenters. The summed E-state index contributed by atoms with van der Waals surface area (Å²) in [6.45, 7) is 4.78. The Balaban J connectivity index is 2.30. The molecule has 2 aromatic rings. The number of aryl methyl sites for hydroxylation is 3. The zero-order valence-electron chi connectivity index (χ0n) is 11.8. The van der Waals surface area contributed by atoms with Crippen molar-refractivity contribution in [2.75, 3.05) is 13.7 Å². The molecule has 1 heterocycles. The van der Waals surface area contributed by atoms with E-state index in [1.54, 1.807) is 7.11 Å². The molecular formula is C15H21N3O. The molecule has 0 radical (unpaired) electrons. The minimum absolute atomic E-state index is 0.691. The molecule has 3 N–H and O–H groups in total.